The van der Waals surface area contributed by atoms with Crippen LogP contribution in [0.3, 0.4) is 0 Å². The molecule has 1 unspecified atom stereocenters. The Morgan fingerprint density at radius 1 is 1.20 bits per heavy atom. The first kappa shape index (κ1) is 24.2. The van der Waals surface area contributed by atoms with Gasteiger partial charge in [-0.1, -0.05) is 31.5 Å². The molecule has 0 spiro atoms. The average Bonchev–Trinajstić information content (AvgIpc) is 3.15. The molecule has 1 aromatic rings. The number of halogens is 3. The molecule has 1 atom stereocenters. The Balaban J connectivity index is 0.000000396. The zero-order valence-corrected chi connectivity index (χ0v) is 17.5. The fraction of sp³-hybridized carbons (Fsp3) is 0.636. The fourth-order valence-electron chi connectivity index (χ4n) is 4.08. The van der Waals surface area contributed by atoms with Gasteiger partial charge in [-0.3, -0.25) is 4.79 Å². The molecule has 0 aliphatic carbocycles. The molecule has 2 fully saturated rings. The summed E-state index contributed by atoms with van der Waals surface area (Å²) in [6.45, 7) is 6.81. The smallest absolute Gasteiger partial charge is 0.475 e. The number of nitrogens with zero attached hydrogens (tertiary/aromatic N) is 2. The number of aliphatic carboxylic acids is 1. The Hall–Kier alpha value is -2.09. The summed E-state index contributed by atoms with van der Waals surface area (Å²) in [7, 11) is 0. The molecule has 2 heterocycles. The summed E-state index contributed by atoms with van der Waals surface area (Å²) in [6, 6.07) is 8.50. The molecule has 1 amide bonds. The lowest BCUT2D eigenvalue weighted by Crippen LogP contribution is -2.36. The number of carbonyl (C=O) groups is 2. The van der Waals surface area contributed by atoms with Crippen LogP contribution < -0.4 is 4.90 Å². The molecule has 2 aliphatic heterocycles. The van der Waals surface area contributed by atoms with E-state index in [1.54, 1.807) is 0 Å². The predicted molar refractivity (Wildman–Crippen MR) is 109 cm³/mol. The van der Waals surface area contributed by atoms with Gasteiger partial charge in [-0.2, -0.15) is 13.2 Å². The van der Waals surface area contributed by atoms with Gasteiger partial charge in [0.25, 0.3) is 0 Å². The lowest BCUT2D eigenvalue weighted by molar-refractivity contribution is -0.192. The number of hydrogen-bond acceptors (Lipinski definition) is 3. The first-order valence-electron chi connectivity index (χ1n) is 10.6. The number of piperidine rings is 1. The summed E-state index contributed by atoms with van der Waals surface area (Å²) in [6.07, 6.45) is 2.89. The average molecular weight is 428 g/mol. The molecule has 5 nitrogen and oxygen atoms in total. The van der Waals surface area contributed by atoms with Gasteiger partial charge in [0.2, 0.25) is 5.91 Å². The lowest BCUT2D eigenvalue weighted by atomic mass is 10.0. The number of carbonyl (C=O) groups excluding carboxylic acids is 1. The second-order valence-corrected chi connectivity index (χ2v) is 7.93. The summed E-state index contributed by atoms with van der Waals surface area (Å²) in [5.74, 6) is -1.56. The summed E-state index contributed by atoms with van der Waals surface area (Å²) in [5, 5.41) is 7.12. The van der Waals surface area contributed by atoms with E-state index in [-0.39, 0.29) is 0 Å². The number of amides is 1. The molecule has 3 rings (SSSR count). The second kappa shape index (κ2) is 11.3. The standard InChI is InChI=1S/C20H30N2O.C2HF3O2/c1-2-7-17-11-14-21(16-17)15-12-18-8-3-4-9-19(18)22-13-6-5-10-20(22)23;3-2(4,5)1(6)7/h3-4,8-9,17H,2,5-7,10-16H2,1H3;(H,6,7). The molecule has 30 heavy (non-hydrogen) atoms. The number of para-hydroxylation sites is 1. The lowest BCUT2D eigenvalue weighted by Gasteiger charge is -2.29. The van der Waals surface area contributed by atoms with Crippen molar-refractivity contribution in [2.24, 2.45) is 5.92 Å². The number of likely N-dealkylation sites (tertiary alicyclic amines) is 1. The van der Waals surface area contributed by atoms with Gasteiger partial charge >= 0.3 is 12.1 Å². The van der Waals surface area contributed by atoms with Crippen molar-refractivity contribution in [1.29, 1.82) is 0 Å². The Morgan fingerprint density at radius 2 is 1.90 bits per heavy atom. The summed E-state index contributed by atoms with van der Waals surface area (Å²) < 4.78 is 31.7. The van der Waals surface area contributed by atoms with Gasteiger partial charge in [0, 0.05) is 31.7 Å². The molecule has 0 radical (unpaired) electrons. The van der Waals surface area contributed by atoms with E-state index in [4.69, 9.17) is 9.90 Å². The van der Waals surface area contributed by atoms with Gasteiger partial charge in [-0.25, -0.2) is 4.79 Å². The molecule has 0 aromatic heterocycles. The highest BCUT2D eigenvalue weighted by atomic mass is 19.4. The normalized spacial score (nSPS) is 20.1. The van der Waals surface area contributed by atoms with Crippen LogP contribution in [0.4, 0.5) is 18.9 Å². The SMILES string of the molecule is CCCC1CCN(CCc2ccccc2N2CCCCC2=O)C1.O=C(O)C(F)(F)F. The van der Waals surface area contributed by atoms with E-state index in [1.807, 2.05) is 4.90 Å². The van der Waals surface area contributed by atoms with Gasteiger partial charge in [0.05, 0.1) is 0 Å². The Kier molecular flexibility index (Phi) is 9.14. The van der Waals surface area contributed by atoms with Crippen molar-refractivity contribution in [3.63, 3.8) is 0 Å². The number of carboxylic acid groups (broad SMARTS) is 1. The topological polar surface area (TPSA) is 60.9 Å². The number of carboxylic acids is 1. The third-order valence-corrected chi connectivity index (χ3v) is 5.61. The minimum absolute atomic E-state index is 0.299. The molecule has 8 heteroatoms. The van der Waals surface area contributed by atoms with Gasteiger partial charge in [-0.15, -0.1) is 0 Å². The van der Waals surface area contributed by atoms with E-state index in [1.165, 1.54) is 37.9 Å². The maximum atomic E-state index is 12.2. The molecule has 2 saturated heterocycles. The third-order valence-electron chi connectivity index (χ3n) is 5.61. The van der Waals surface area contributed by atoms with Crippen molar-refractivity contribution in [2.45, 2.75) is 58.0 Å². The van der Waals surface area contributed by atoms with Gasteiger partial charge in [-0.05, 0) is 56.2 Å². The van der Waals surface area contributed by atoms with Gasteiger partial charge < -0.3 is 14.9 Å². The number of rotatable bonds is 6. The van der Waals surface area contributed by atoms with E-state index < -0.39 is 12.1 Å². The van der Waals surface area contributed by atoms with Crippen LogP contribution in [0, 0.1) is 5.92 Å². The highest BCUT2D eigenvalue weighted by Gasteiger charge is 2.38. The molecule has 0 bridgehead atoms. The maximum Gasteiger partial charge on any atom is 0.490 e. The summed E-state index contributed by atoms with van der Waals surface area (Å²) in [4.78, 5) is 25.8. The molecular formula is C22H31F3N2O3. The van der Waals surface area contributed by atoms with Crippen LogP contribution in [-0.4, -0.2) is 54.2 Å². The summed E-state index contributed by atoms with van der Waals surface area (Å²) in [5.41, 5.74) is 2.49. The van der Waals surface area contributed by atoms with Crippen molar-refractivity contribution >= 4 is 17.6 Å². The minimum Gasteiger partial charge on any atom is -0.475 e. The highest BCUT2D eigenvalue weighted by molar-refractivity contribution is 5.94. The molecule has 168 valence electrons. The molecule has 1 aromatic carbocycles. The molecule has 1 N–H and O–H groups in total. The van der Waals surface area contributed by atoms with Gasteiger partial charge in [0.1, 0.15) is 0 Å². The minimum atomic E-state index is -5.08. The number of hydrogen-bond donors (Lipinski definition) is 1. The molecule has 2 aliphatic rings. The van der Waals surface area contributed by atoms with E-state index in [2.05, 4.69) is 36.1 Å². The van der Waals surface area contributed by atoms with Crippen molar-refractivity contribution in [3.8, 4) is 0 Å². The van der Waals surface area contributed by atoms with E-state index >= 15 is 0 Å². The highest BCUT2D eigenvalue weighted by Crippen LogP contribution is 2.26. The second-order valence-electron chi connectivity index (χ2n) is 7.93. The third kappa shape index (κ3) is 7.31. The quantitative estimate of drug-likeness (QED) is 0.725. The van der Waals surface area contributed by atoms with Crippen LogP contribution in [0.2, 0.25) is 0 Å². The first-order chi connectivity index (χ1) is 14.2. The van der Waals surface area contributed by atoms with E-state index in [0.29, 0.717) is 12.3 Å². The van der Waals surface area contributed by atoms with Crippen molar-refractivity contribution in [1.82, 2.24) is 4.90 Å². The number of anilines is 1. The number of alkyl halides is 3. The fourth-order valence-corrected chi connectivity index (χ4v) is 4.08. The van der Waals surface area contributed by atoms with Gasteiger partial charge in [0.15, 0.2) is 0 Å². The zero-order valence-electron chi connectivity index (χ0n) is 17.5. The van der Waals surface area contributed by atoms with Crippen LogP contribution >= 0.6 is 0 Å². The largest absolute Gasteiger partial charge is 0.490 e. The summed E-state index contributed by atoms with van der Waals surface area (Å²) >= 11 is 0. The van der Waals surface area contributed by atoms with E-state index in [0.717, 1.165) is 44.0 Å². The Bertz CT molecular complexity index is 709. The van der Waals surface area contributed by atoms with Crippen LogP contribution in [0.1, 0.15) is 51.0 Å². The molecular weight excluding hydrogens is 397 g/mol. The zero-order chi connectivity index (χ0) is 22.1. The van der Waals surface area contributed by atoms with E-state index in [9.17, 15) is 18.0 Å². The molecule has 0 saturated carbocycles. The monoisotopic (exact) mass is 428 g/mol. The van der Waals surface area contributed by atoms with Crippen LogP contribution in [-0.2, 0) is 16.0 Å². The maximum absolute atomic E-state index is 12.2. The van der Waals surface area contributed by atoms with Crippen LogP contribution in [0.5, 0.6) is 0 Å². The predicted octanol–water partition coefficient (Wildman–Crippen LogP) is 4.50. The number of benzene rings is 1. The van der Waals surface area contributed by atoms with Crippen LogP contribution in [0.25, 0.3) is 0 Å². The van der Waals surface area contributed by atoms with Crippen molar-refractivity contribution < 1.29 is 27.9 Å². The van der Waals surface area contributed by atoms with Crippen molar-refractivity contribution in [3.05, 3.63) is 29.8 Å². The van der Waals surface area contributed by atoms with Crippen LogP contribution in [0.15, 0.2) is 24.3 Å². The Labute approximate surface area is 175 Å². The first-order valence-corrected chi connectivity index (χ1v) is 10.6. The Morgan fingerprint density at radius 3 is 2.53 bits per heavy atom. The van der Waals surface area contributed by atoms with Crippen molar-refractivity contribution in [2.75, 3.05) is 31.1 Å².